The molecule has 0 aliphatic carbocycles. The molecule has 0 aromatic heterocycles. The second-order valence-corrected chi connectivity index (χ2v) is 4.72. The van der Waals surface area contributed by atoms with E-state index in [1.54, 1.807) is 6.07 Å². The smallest absolute Gasteiger partial charge is 0.319 e. The average Bonchev–Trinajstić information content (AvgIpc) is 2.53. The fraction of sp³-hybridized carbons (Fsp3) is 0.188. The molecule has 0 aliphatic heterocycles. The van der Waals surface area contributed by atoms with Crippen molar-refractivity contribution < 1.29 is 23.4 Å². The van der Waals surface area contributed by atoms with Crippen LogP contribution >= 0.6 is 0 Å². The van der Waals surface area contributed by atoms with Crippen molar-refractivity contribution in [2.24, 2.45) is 0 Å². The highest BCUT2D eigenvalue weighted by atomic mass is 19.1. The van der Waals surface area contributed by atoms with Crippen LogP contribution in [0.25, 0.3) is 0 Å². The van der Waals surface area contributed by atoms with Gasteiger partial charge in [-0.25, -0.2) is 13.6 Å². The minimum atomic E-state index is -1.19. The van der Waals surface area contributed by atoms with Gasteiger partial charge in [0.15, 0.2) is 11.6 Å². The van der Waals surface area contributed by atoms with Crippen molar-refractivity contribution in [3.05, 3.63) is 59.7 Å². The van der Waals surface area contributed by atoms with E-state index in [0.717, 1.165) is 6.07 Å². The number of nitrogens with one attached hydrogen (secondary N) is 2. The first-order valence-electron chi connectivity index (χ1n) is 6.82. The number of aliphatic hydroxyl groups excluding tert-OH is 1. The predicted octanol–water partition coefficient (Wildman–Crippen LogP) is 2.83. The van der Waals surface area contributed by atoms with Crippen molar-refractivity contribution in [2.75, 3.05) is 19.0 Å². The average molecular weight is 322 g/mol. The second kappa shape index (κ2) is 7.55. The zero-order valence-corrected chi connectivity index (χ0v) is 12.3. The molecule has 0 saturated carbocycles. The number of carbonyl (C=O) groups excluding carboxylic acids is 1. The maximum absolute atomic E-state index is 13.5. The van der Waals surface area contributed by atoms with E-state index in [0.29, 0.717) is 0 Å². The lowest BCUT2D eigenvalue weighted by Gasteiger charge is -2.14. The van der Waals surface area contributed by atoms with Gasteiger partial charge in [-0.2, -0.15) is 0 Å². The van der Waals surface area contributed by atoms with Crippen molar-refractivity contribution in [2.45, 2.75) is 6.10 Å². The molecule has 0 bridgehead atoms. The molecule has 2 rings (SSSR count). The molecule has 1 unspecified atom stereocenters. The van der Waals surface area contributed by atoms with Crippen molar-refractivity contribution in [3.8, 4) is 5.75 Å². The van der Waals surface area contributed by atoms with E-state index in [1.165, 1.54) is 37.4 Å². The van der Waals surface area contributed by atoms with Gasteiger partial charge in [-0.3, -0.25) is 0 Å². The molecule has 0 spiro atoms. The monoisotopic (exact) mass is 322 g/mol. The summed E-state index contributed by atoms with van der Waals surface area (Å²) in [5, 5.41) is 14.7. The highest BCUT2D eigenvalue weighted by Gasteiger charge is 2.13. The van der Waals surface area contributed by atoms with Crippen molar-refractivity contribution in [1.29, 1.82) is 0 Å². The summed E-state index contributed by atoms with van der Waals surface area (Å²) in [6.07, 6.45) is -1.19. The van der Waals surface area contributed by atoms with E-state index in [9.17, 15) is 18.7 Å². The Bertz CT molecular complexity index is 695. The third kappa shape index (κ3) is 4.40. The Morgan fingerprint density at radius 3 is 2.61 bits per heavy atom. The van der Waals surface area contributed by atoms with Gasteiger partial charge in [0.2, 0.25) is 0 Å². The zero-order valence-electron chi connectivity index (χ0n) is 12.3. The first-order chi connectivity index (χ1) is 11.0. The highest BCUT2D eigenvalue weighted by Crippen LogP contribution is 2.20. The largest absolute Gasteiger partial charge is 0.494 e. The van der Waals surface area contributed by atoms with Crippen LogP contribution in [0.1, 0.15) is 11.7 Å². The van der Waals surface area contributed by atoms with Crippen LogP contribution in [0.3, 0.4) is 0 Å². The fourth-order valence-electron chi connectivity index (χ4n) is 1.96. The zero-order chi connectivity index (χ0) is 16.8. The van der Waals surface area contributed by atoms with Gasteiger partial charge >= 0.3 is 6.03 Å². The SMILES string of the molecule is COc1ccc(NC(=O)NCC(O)c2ccccc2F)cc1F. The molecule has 0 saturated heterocycles. The number of methoxy groups -OCH3 is 1. The molecule has 0 aliphatic rings. The molecule has 2 amide bonds. The topological polar surface area (TPSA) is 70.6 Å². The molecule has 2 aromatic rings. The van der Waals surface area contributed by atoms with Crippen LogP contribution < -0.4 is 15.4 Å². The molecule has 7 heteroatoms. The third-order valence-corrected chi connectivity index (χ3v) is 3.13. The number of rotatable bonds is 5. The number of amides is 2. The third-order valence-electron chi connectivity index (χ3n) is 3.13. The molecule has 3 N–H and O–H groups in total. The first-order valence-corrected chi connectivity index (χ1v) is 6.82. The van der Waals surface area contributed by atoms with Gasteiger partial charge in [0.25, 0.3) is 0 Å². The molecule has 23 heavy (non-hydrogen) atoms. The predicted molar refractivity (Wildman–Crippen MR) is 81.3 cm³/mol. The Kier molecular flexibility index (Phi) is 5.48. The fourth-order valence-corrected chi connectivity index (χ4v) is 1.96. The number of anilines is 1. The van der Waals surface area contributed by atoms with Gasteiger partial charge in [0, 0.05) is 23.9 Å². The maximum atomic E-state index is 13.5. The summed E-state index contributed by atoms with van der Waals surface area (Å²) in [5.74, 6) is -1.11. The first kappa shape index (κ1) is 16.7. The lowest BCUT2D eigenvalue weighted by Crippen LogP contribution is -2.32. The normalized spacial score (nSPS) is 11.7. The molecule has 0 fully saturated rings. The van der Waals surface area contributed by atoms with E-state index in [4.69, 9.17) is 4.74 Å². The summed E-state index contributed by atoms with van der Waals surface area (Å²) in [6, 6.07) is 9.03. The maximum Gasteiger partial charge on any atom is 0.319 e. The minimum absolute atomic E-state index is 0.0610. The number of hydrogen-bond acceptors (Lipinski definition) is 3. The van der Waals surface area contributed by atoms with Crippen molar-refractivity contribution >= 4 is 11.7 Å². The van der Waals surface area contributed by atoms with Crippen molar-refractivity contribution in [3.63, 3.8) is 0 Å². The second-order valence-electron chi connectivity index (χ2n) is 4.72. The van der Waals surface area contributed by atoms with Crippen LogP contribution in [0.5, 0.6) is 5.75 Å². The Balaban J connectivity index is 1.90. The van der Waals surface area contributed by atoms with Gasteiger partial charge in [-0.1, -0.05) is 18.2 Å². The van der Waals surface area contributed by atoms with Gasteiger partial charge in [0.1, 0.15) is 5.82 Å². The molecule has 0 heterocycles. The molecule has 2 aromatic carbocycles. The number of hydrogen-bond donors (Lipinski definition) is 3. The quantitative estimate of drug-likeness (QED) is 0.793. The summed E-state index contributed by atoms with van der Waals surface area (Å²) in [5.41, 5.74) is 0.310. The van der Waals surface area contributed by atoms with Crippen LogP contribution in [-0.2, 0) is 0 Å². The number of carbonyl (C=O) groups is 1. The van der Waals surface area contributed by atoms with Crippen LogP contribution in [0, 0.1) is 11.6 Å². The summed E-state index contributed by atoms with van der Waals surface area (Å²) < 4.78 is 31.8. The van der Waals surface area contributed by atoms with Gasteiger partial charge in [-0.05, 0) is 18.2 Å². The summed E-state index contributed by atoms with van der Waals surface area (Å²) in [7, 11) is 1.34. The lowest BCUT2D eigenvalue weighted by atomic mass is 10.1. The molecule has 5 nitrogen and oxygen atoms in total. The van der Waals surface area contributed by atoms with Gasteiger partial charge < -0.3 is 20.5 Å². The van der Waals surface area contributed by atoms with E-state index in [1.807, 2.05) is 0 Å². The minimum Gasteiger partial charge on any atom is -0.494 e. The summed E-state index contributed by atoms with van der Waals surface area (Å²) in [4.78, 5) is 11.7. The number of aliphatic hydroxyl groups is 1. The Hall–Kier alpha value is -2.67. The van der Waals surface area contributed by atoms with Crippen LogP contribution in [0.2, 0.25) is 0 Å². The number of urea groups is 1. The number of halogens is 2. The standard InChI is InChI=1S/C16H16F2N2O3/c1-23-15-7-6-10(8-13(15)18)20-16(22)19-9-14(21)11-4-2-3-5-12(11)17/h2-8,14,21H,9H2,1H3,(H2,19,20,22). The van der Waals surface area contributed by atoms with Gasteiger partial charge in [0.05, 0.1) is 13.2 Å². The molecule has 0 radical (unpaired) electrons. The van der Waals surface area contributed by atoms with Crippen LogP contribution in [-0.4, -0.2) is 24.8 Å². The van der Waals surface area contributed by atoms with Crippen LogP contribution in [0.4, 0.5) is 19.3 Å². The summed E-state index contributed by atoms with van der Waals surface area (Å²) >= 11 is 0. The molecule has 1 atom stereocenters. The van der Waals surface area contributed by atoms with Crippen molar-refractivity contribution in [1.82, 2.24) is 5.32 Å². The van der Waals surface area contributed by atoms with Crippen LogP contribution in [0.15, 0.2) is 42.5 Å². The summed E-state index contributed by atoms with van der Waals surface area (Å²) in [6.45, 7) is -0.189. The number of ether oxygens (including phenoxy) is 1. The van der Waals surface area contributed by atoms with E-state index in [-0.39, 0.29) is 23.5 Å². The van der Waals surface area contributed by atoms with E-state index in [2.05, 4.69) is 10.6 Å². The molecule has 122 valence electrons. The van der Waals surface area contributed by atoms with E-state index >= 15 is 0 Å². The van der Waals surface area contributed by atoms with E-state index < -0.39 is 23.8 Å². The Morgan fingerprint density at radius 2 is 1.96 bits per heavy atom. The molecular weight excluding hydrogens is 306 g/mol. The number of benzene rings is 2. The molecular formula is C16H16F2N2O3. The highest BCUT2D eigenvalue weighted by molar-refractivity contribution is 5.89. The van der Waals surface area contributed by atoms with Gasteiger partial charge in [-0.15, -0.1) is 0 Å². The Morgan fingerprint density at radius 1 is 1.22 bits per heavy atom. The Labute approximate surface area is 131 Å². The lowest BCUT2D eigenvalue weighted by molar-refractivity contribution is 0.170.